The minimum atomic E-state index is -0.0267. The van der Waals surface area contributed by atoms with Gasteiger partial charge in [0.15, 0.2) is 0 Å². The molecule has 4 heteroatoms. The zero-order chi connectivity index (χ0) is 13.7. The van der Waals surface area contributed by atoms with Crippen LogP contribution in [-0.4, -0.2) is 0 Å². The molecular weight excluding hydrogens is 368 g/mol. The molecule has 0 fully saturated rings. The summed E-state index contributed by atoms with van der Waals surface area (Å²) in [5.74, 6) is 0. The summed E-state index contributed by atoms with van der Waals surface area (Å²) in [6.07, 6.45) is 0.414. The van der Waals surface area contributed by atoms with E-state index in [1.54, 1.807) is 0 Å². The van der Waals surface area contributed by atoms with Crippen LogP contribution in [0.4, 0.5) is 5.69 Å². The number of halogens is 2. The first-order valence-electron chi connectivity index (χ1n) is 5.85. The van der Waals surface area contributed by atoms with Crippen LogP contribution < -0.4 is 5.32 Å². The molecule has 96 valence electrons. The molecule has 1 unspecified atom stereocenters. The number of hydrogen-bond acceptors (Lipinski definition) is 2. The third-order valence-electron chi connectivity index (χ3n) is 2.78. The van der Waals surface area contributed by atoms with Gasteiger partial charge in [0.2, 0.25) is 0 Å². The van der Waals surface area contributed by atoms with Crippen molar-refractivity contribution in [2.75, 3.05) is 5.32 Å². The topological polar surface area (TPSA) is 35.8 Å². The van der Waals surface area contributed by atoms with E-state index in [2.05, 4.69) is 43.2 Å². The molecule has 0 aliphatic heterocycles. The normalized spacial score (nSPS) is 11.6. The largest absolute Gasteiger partial charge is 0.375 e. The predicted octanol–water partition coefficient (Wildman–Crippen LogP) is 5.28. The highest BCUT2D eigenvalue weighted by Gasteiger charge is 2.13. The average molecular weight is 380 g/mol. The fraction of sp³-hybridized carbons (Fsp3) is 0.133. The number of anilines is 1. The van der Waals surface area contributed by atoms with Crippen LogP contribution in [0.15, 0.2) is 57.5 Å². The quantitative estimate of drug-likeness (QED) is 0.784. The van der Waals surface area contributed by atoms with Crippen molar-refractivity contribution in [3.05, 3.63) is 63.0 Å². The van der Waals surface area contributed by atoms with E-state index in [1.807, 2.05) is 48.5 Å². The molecule has 0 amide bonds. The van der Waals surface area contributed by atoms with E-state index >= 15 is 0 Å². The molecule has 0 heterocycles. The van der Waals surface area contributed by atoms with Crippen LogP contribution in [0.2, 0.25) is 0 Å². The van der Waals surface area contributed by atoms with Gasteiger partial charge in [-0.15, -0.1) is 0 Å². The molecule has 1 N–H and O–H groups in total. The molecule has 0 spiro atoms. The van der Waals surface area contributed by atoms with E-state index in [0.717, 1.165) is 20.2 Å². The SMILES string of the molecule is N#CCC(Nc1c(Br)cccc1Br)c1ccccc1. The molecule has 2 aromatic rings. The van der Waals surface area contributed by atoms with Crippen molar-refractivity contribution < 1.29 is 0 Å². The molecule has 0 bridgehead atoms. The molecule has 0 aliphatic carbocycles. The molecule has 1 atom stereocenters. The molecule has 0 saturated heterocycles. The fourth-order valence-electron chi connectivity index (χ4n) is 1.84. The number of nitrogens with one attached hydrogen (secondary N) is 1. The standard InChI is InChI=1S/C15H12Br2N2/c16-12-7-4-8-13(17)15(12)19-14(9-10-18)11-5-2-1-3-6-11/h1-8,14,19H,9H2. The van der Waals surface area contributed by atoms with Crippen molar-refractivity contribution in [1.29, 1.82) is 5.26 Å². The second-order valence-corrected chi connectivity index (χ2v) is 5.78. The Bertz CT molecular complexity index is 571. The van der Waals surface area contributed by atoms with Crippen LogP contribution >= 0.6 is 31.9 Å². The van der Waals surface area contributed by atoms with Gasteiger partial charge in [0.05, 0.1) is 24.2 Å². The Hall–Kier alpha value is -1.31. The van der Waals surface area contributed by atoms with E-state index < -0.39 is 0 Å². The molecule has 0 radical (unpaired) electrons. The Morgan fingerprint density at radius 3 is 2.21 bits per heavy atom. The molecule has 2 rings (SSSR count). The monoisotopic (exact) mass is 378 g/mol. The second kappa shape index (κ2) is 6.74. The van der Waals surface area contributed by atoms with Crippen molar-refractivity contribution in [2.45, 2.75) is 12.5 Å². The summed E-state index contributed by atoms with van der Waals surface area (Å²) < 4.78 is 1.95. The lowest BCUT2D eigenvalue weighted by atomic mass is 10.0. The first kappa shape index (κ1) is 14.1. The lowest BCUT2D eigenvalue weighted by Gasteiger charge is -2.19. The smallest absolute Gasteiger partial charge is 0.0647 e. The Labute approximate surface area is 129 Å². The molecule has 2 aromatic carbocycles. The summed E-state index contributed by atoms with van der Waals surface area (Å²) >= 11 is 7.05. The van der Waals surface area contributed by atoms with Crippen molar-refractivity contribution in [2.24, 2.45) is 0 Å². The van der Waals surface area contributed by atoms with Crippen LogP contribution in [0.3, 0.4) is 0 Å². The maximum Gasteiger partial charge on any atom is 0.0647 e. The van der Waals surface area contributed by atoms with Crippen molar-refractivity contribution >= 4 is 37.5 Å². The second-order valence-electron chi connectivity index (χ2n) is 4.07. The maximum atomic E-state index is 9.00. The van der Waals surface area contributed by atoms with E-state index in [9.17, 15) is 0 Å². The van der Waals surface area contributed by atoms with Gasteiger partial charge in [-0.25, -0.2) is 0 Å². The molecule has 0 saturated carbocycles. The minimum absolute atomic E-state index is 0.0267. The number of para-hydroxylation sites is 1. The maximum absolute atomic E-state index is 9.00. The van der Waals surface area contributed by atoms with Crippen LogP contribution in [0, 0.1) is 11.3 Å². The van der Waals surface area contributed by atoms with E-state index in [-0.39, 0.29) is 6.04 Å². The minimum Gasteiger partial charge on any atom is -0.375 e. The van der Waals surface area contributed by atoms with Crippen LogP contribution in [0.5, 0.6) is 0 Å². The number of benzene rings is 2. The van der Waals surface area contributed by atoms with Gasteiger partial charge in [0.25, 0.3) is 0 Å². The summed E-state index contributed by atoms with van der Waals surface area (Å²) in [7, 11) is 0. The van der Waals surface area contributed by atoms with Gasteiger partial charge in [-0.05, 0) is 49.6 Å². The number of rotatable bonds is 4. The third-order valence-corrected chi connectivity index (χ3v) is 4.10. The summed E-state index contributed by atoms with van der Waals surface area (Å²) in [4.78, 5) is 0. The molecule has 0 aromatic heterocycles. The van der Waals surface area contributed by atoms with E-state index in [1.165, 1.54) is 0 Å². The van der Waals surface area contributed by atoms with Gasteiger partial charge in [0.1, 0.15) is 0 Å². The summed E-state index contributed by atoms with van der Waals surface area (Å²) in [5, 5.41) is 12.4. The van der Waals surface area contributed by atoms with E-state index in [4.69, 9.17) is 5.26 Å². The first-order valence-corrected chi connectivity index (χ1v) is 7.43. The highest BCUT2D eigenvalue weighted by Crippen LogP contribution is 2.34. The summed E-state index contributed by atoms with van der Waals surface area (Å²) in [6, 6.07) is 18.1. The zero-order valence-electron chi connectivity index (χ0n) is 10.1. The Morgan fingerprint density at radius 1 is 1.00 bits per heavy atom. The Kier molecular flexibility index (Phi) is 5.00. The zero-order valence-corrected chi connectivity index (χ0v) is 13.3. The lowest BCUT2D eigenvalue weighted by Crippen LogP contribution is -2.10. The van der Waals surface area contributed by atoms with Crippen molar-refractivity contribution in [3.63, 3.8) is 0 Å². The van der Waals surface area contributed by atoms with Gasteiger partial charge < -0.3 is 5.32 Å². The van der Waals surface area contributed by atoms with Crippen molar-refractivity contribution in [1.82, 2.24) is 0 Å². The third kappa shape index (κ3) is 3.59. The number of nitrogens with zero attached hydrogens (tertiary/aromatic N) is 1. The number of nitriles is 1. The summed E-state index contributed by atoms with van der Waals surface area (Å²) in [6.45, 7) is 0. The van der Waals surface area contributed by atoms with Crippen LogP contribution in [0.25, 0.3) is 0 Å². The molecule has 2 nitrogen and oxygen atoms in total. The molecule has 19 heavy (non-hydrogen) atoms. The average Bonchev–Trinajstić information content (AvgIpc) is 2.43. The van der Waals surface area contributed by atoms with Crippen LogP contribution in [0.1, 0.15) is 18.0 Å². The fourth-order valence-corrected chi connectivity index (χ4v) is 3.07. The Balaban J connectivity index is 2.30. The molecular formula is C15H12Br2N2. The number of hydrogen-bond donors (Lipinski definition) is 1. The van der Waals surface area contributed by atoms with Crippen LogP contribution in [-0.2, 0) is 0 Å². The van der Waals surface area contributed by atoms with Gasteiger partial charge >= 0.3 is 0 Å². The molecule has 0 aliphatic rings. The first-order chi connectivity index (χ1) is 9.22. The van der Waals surface area contributed by atoms with E-state index in [0.29, 0.717) is 6.42 Å². The van der Waals surface area contributed by atoms with Crippen molar-refractivity contribution in [3.8, 4) is 6.07 Å². The predicted molar refractivity (Wildman–Crippen MR) is 84.9 cm³/mol. The lowest BCUT2D eigenvalue weighted by molar-refractivity contribution is 0.804. The van der Waals surface area contributed by atoms with Gasteiger partial charge in [0, 0.05) is 8.95 Å². The highest BCUT2D eigenvalue weighted by molar-refractivity contribution is 9.11. The Morgan fingerprint density at radius 2 is 1.63 bits per heavy atom. The van der Waals surface area contributed by atoms with Gasteiger partial charge in [-0.2, -0.15) is 5.26 Å². The highest BCUT2D eigenvalue weighted by atomic mass is 79.9. The summed E-state index contributed by atoms with van der Waals surface area (Å²) in [5.41, 5.74) is 2.07. The van der Waals surface area contributed by atoms with Gasteiger partial charge in [-0.1, -0.05) is 36.4 Å². The van der Waals surface area contributed by atoms with Gasteiger partial charge in [-0.3, -0.25) is 0 Å².